The first kappa shape index (κ1) is 20.3. The van der Waals surface area contributed by atoms with Crippen LogP contribution >= 0.6 is 0 Å². The lowest BCUT2D eigenvalue weighted by molar-refractivity contribution is -0.165. The standard InChI is InChI=1S/C25H22N2O6/c1-33-22(31)23(25(32)19(28)14-7-2-3-8-15(14)20(25)29)13-24(27-12-6-11-18(23)27)16-9-4-5-10-17(16)26-21(24)30/h2-5,7-10,18,32H,6,11-13H2,1H3,(H,26,30). The number of para-hydroxylation sites is 1. The molecule has 33 heavy (non-hydrogen) atoms. The van der Waals surface area contributed by atoms with Crippen LogP contribution in [0, 0.1) is 5.41 Å². The summed E-state index contributed by atoms with van der Waals surface area (Å²) >= 11 is 0. The van der Waals surface area contributed by atoms with Gasteiger partial charge in [-0.15, -0.1) is 0 Å². The van der Waals surface area contributed by atoms with Crippen LogP contribution in [0.15, 0.2) is 48.5 Å². The summed E-state index contributed by atoms with van der Waals surface area (Å²) < 4.78 is 5.18. The first-order valence-electron chi connectivity index (χ1n) is 11.0. The van der Waals surface area contributed by atoms with Crippen LogP contribution in [0.4, 0.5) is 5.69 Å². The summed E-state index contributed by atoms with van der Waals surface area (Å²) in [5.74, 6) is -2.82. The third-order valence-electron chi connectivity index (χ3n) is 8.11. The van der Waals surface area contributed by atoms with E-state index in [9.17, 15) is 24.3 Å². The Hall–Kier alpha value is -3.36. The molecule has 3 heterocycles. The minimum atomic E-state index is -2.67. The van der Waals surface area contributed by atoms with Gasteiger partial charge in [0.25, 0.3) is 0 Å². The summed E-state index contributed by atoms with van der Waals surface area (Å²) in [6, 6.07) is 12.7. The van der Waals surface area contributed by atoms with Gasteiger partial charge in [-0.3, -0.25) is 24.1 Å². The highest BCUT2D eigenvalue weighted by Gasteiger charge is 2.80. The highest BCUT2D eigenvalue weighted by Crippen LogP contribution is 2.64. The number of aliphatic hydroxyl groups is 1. The number of hydrogen-bond acceptors (Lipinski definition) is 7. The summed E-state index contributed by atoms with van der Waals surface area (Å²) in [6.07, 6.45) is 0.847. The molecule has 2 fully saturated rings. The number of benzene rings is 2. The normalized spacial score (nSPS) is 31.5. The van der Waals surface area contributed by atoms with Gasteiger partial charge in [0, 0.05) is 34.8 Å². The van der Waals surface area contributed by atoms with Gasteiger partial charge < -0.3 is 15.2 Å². The van der Waals surface area contributed by atoms with Crippen molar-refractivity contribution in [1.29, 1.82) is 0 Å². The van der Waals surface area contributed by atoms with E-state index in [1.165, 1.54) is 19.2 Å². The van der Waals surface area contributed by atoms with Crippen molar-refractivity contribution in [1.82, 2.24) is 4.90 Å². The Bertz CT molecular complexity index is 1240. The molecule has 0 saturated carbocycles. The molecule has 168 valence electrons. The van der Waals surface area contributed by atoms with E-state index in [0.29, 0.717) is 30.6 Å². The summed E-state index contributed by atoms with van der Waals surface area (Å²) in [7, 11) is 1.18. The molecule has 6 rings (SSSR count). The van der Waals surface area contributed by atoms with Crippen LogP contribution in [0.2, 0.25) is 0 Å². The third kappa shape index (κ3) is 2.05. The molecule has 3 unspecified atom stereocenters. The number of hydrogen-bond donors (Lipinski definition) is 2. The van der Waals surface area contributed by atoms with Crippen LogP contribution in [0.3, 0.4) is 0 Å². The van der Waals surface area contributed by atoms with Crippen LogP contribution < -0.4 is 5.32 Å². The van der Waals surface area contributed by atoms with Gasteiger partial charge in [0.2, 0.25) is 23.1 Å². The molecule has 3 aliphatic heterocycles. The zero-order valence-corrected chi connectivity index (χ0v) is 18.0. The summed E-state index contributed by atoms with van der Waals surface area (Å²) in [4.78, 5) is 56.4. The minimum absolute atomic E-state index is 0.0787. The van der Waals surface area contributed by atoms with Crippen molar-refractivity contribution in [2.24, 2.45) is 5.41 Å². The average Bonchev–Trinajstić information content (AvgIpc) is 3.55. The quantitative estimate of drug-likeness (QED) is 0.533. The van der Waals surface area contributed by atoms with Crippen molar-refractivity contribution in [3.63, 3.8) is 0 Å². The van der Waals surface area contributed by atoms with E-state index < -0.39 is 40.1 Å². The number of rotatable bonds is 2. The van der Waals surface area contributed by atoms with E-state index in [-0.39, 0.29) is 23.5 Å². The number of carbonyl (C=O) groups is 4. The van der Waals surface area contributed by atoms with Crippen molar-refractivity contribution in [2.45, 2.75) is 36.4 Å². The molecule has 0 aromatic heterocycles. The van der Waals surface area contributed by atoms with Gasteiger partial charge in [-0.1, -0.05) is 42.5 Å². The van der Waals surface area contributed by atoms with Crippen LogP contribution in [0.25, 0.3) is 0 Å². The van der Waals surface area contributed by atoms with Crippen molar-refractivity contribution < 1.29 is 29.0 Å². The van der Waals surface area contributed by atoms with Crippen LogP contribution in [0.1, 0.15) is 45.5 Å². The lowest BCUT2D eigenvalue weighted by Crippen LogP contribution is -2.64. The van der Waals surface area contributed by atoms with Crippen LogP contribution in [-0.2, 0) is 19.9 Å². The monoisotopic (exact) mass is 446 g/mol. The number of nitrogens with one attached hydrogen (secondary N) is 1. The number of carbonyl (C=O) groups excluding carboxylic acids is 4. The van der Waals surface area contributed by atoms with Crippen LogP contribution in [-0.4, -0.2) is 58.7 Å². The molecular formula is C25H22N2O6. The van der Waals surface area contributed by atoms with E-state index >= 15 is 0 Å². The predicted molar refractivity (Wildman–Crippen MR) is 116 cm³/mol. The summed E-state index contributed by atoms with van der Waals surface area (Å²) in [6.45, 7) is 0.483. The molecule has 8 heteroatoms. The molecule has 2 aromatic rings. The molecule has 0 bridgehead atoms. The van der Waals surface area contributed by atoms with Crippen molar-refractivity contribution in [3.05, 3.63) is 65.2 Å². The third-order valence-corrected chi connectivity index (χ3v) is 8.11. The number of fused-ring (bicyclic) bond motifs is 5. The number of anilines is 1. The van der Waals surface area contributed by atoms with Gasteiger partial charge in [-0.25, -0.2) is 0 Å². The topological polar surface area (TPSA) is 113 Å². The SMILES string of the molecule is COC(=O)C1(C2(O)C(=O)c3ccccc3C2=O)CC2(C(=O)Nc3ccccc32)N2CCCC21. The van der Waals surface area contributed by atoms with Gasteiger partial charge in [0.1, 0.15) is 11.0 Å². The second kappa shape index (κ2) is 6.36. The van der Waals surface area contributed by atoms with Crippen molar-refractivity contribution in [3.8, 4) is 0 Å². The summed E-state index contributed by atoms with van der Waals surface area (Å²) in [5, 5.41) is 15.0. The molecule has 3 atom stereocenters. The first-order valence-corrected chi connectivity index (χ1v) is 11.0. The van der Waals surface area contributed by atoms with Crippen molar-refractivity contribution >= 4 is 29.1 Å². The number of nitrogens with zero attached hydrogens (tertiary/aromatic N) is 1. The van der Waals surface area contributed by atoms with E-state index in [1.807, 2.05) is 11.0 Å². The predicted octanol–water partition coefficient (Wildman–Crippen LogP) is 1.67. The lowest BCUT2D eigenvalue weighted by atomic mass is 9.61. The Morgan fingerprint density at radius 1 is 1.06 bits per heavy atom. The number of ketones is 2. The second-order valence-corrected chi connectivity index (χ2v) is 9.27. The maximum Gasteiger partial charge on any atom is 0.317 e. The molecule has 1 aliphatic carbocycles. The minimum Gasteiger partial charge on any atom is -0.468 e. The Balaban J connectivity index is 1.63. The molecular weight excluding hydrogens is 424 g/mol. The van der Waals surface area contributed by atoms with E-state index in [2.05, 4.69) is 5.32 Å². The van der Waals surface area contributed by atoms with E-state index in [0.717, 1.165) is 0 Å². The molecule has 1 amide bonds. The first-order chi connectivity index (χ1) is 15.8. The Morgan fingerprint density at radius 2 is 1.70 bits per heavy atom. The maximum atomic E-state index is 13.7. The molecule has 8 nitrogen and oxygen atoms in total. The van der Waals surface area contributed by atoms with Gasteiger partial charge in [0.05, 0.1) is 7.11 Å². The molecule has 2 N–H and O–H groups in total. The van der Waals surface area contributed by atoms with E-state index in [1.54, 1.807) is 30.3 Å². The molecule has 1 spiro atoms. The number of Topliss-reactive ketones (excluding diaryl/α,β-unsaturated/α-hetero) is 2. The fourth-order valence-electron chi connectivity index (χ4n) is 6.80. The Morgan fingerprint density at radius 3 is 2.36 bits per heavy atom. The van der Waals surface area contributed by atoms with Gasteiger partial charge in [0.15, 0.2) is 0 Å². The molecule has 2 aromatic carbocycles. The number of ether oxygens (including phenoxy) is 1. The number of methoxy groups -OCH3 is 1. The average molecular weight is 446 g/mol. The summed E-state index contributed by atoms with van der Waals surface area (Å²) in [5.41, 5.74) is -4.46. The van der Waals surface area contributed by atoms with Gasteiger partial charge in [-0.2, -0.15) is 0 Å². The van der Waals surface area contributed by atoms with Crippen LogP contribution in [0.5, 0.6) is 0 Å². The number of amides is 1. The largest absolute Gasteiger partial charge is 0.468 e. The van der Waals surface area contributed by atoms with Gasteiger partial charge >= 0.3 is 5.97 Å². The zero-order chi connectivity index (χ0) is 23.2. The fraction of sp³-hybridized carbons (Fsp3) is 0.360. The fourth-order valence-corrected chi connectivity index (χ4v) is 6.80. The Kier molecular flexibility index (Phi) is 3.91. The second-order valence-electron chi connectivity index (χ2n) is 9.27. The zero-order valence-electron chi connectivity index (χ0n) is 18.0. The van der Waals surface area contributed by atoms with E-state index in [4.69, 9.17) is 4.74 Å². The highest BCUT2D eigenvalue weighted by atomic mass is 16.5. The number of esters is 1. The highest BCUT2D eigenvalue weighted by molar-refractivity contribution is 6.34. The smallest absolute Gasteiger partial charge is 0.317 e. The molecule has 0 radical (unpaired) electrons. The Labute approximate surface area is 189 Å². The van der Waals surface area contributed by atoms with Gasteiger partial charge in [-0.05, 0) is 25.5 Å². The maximum absolute atomic E-state index is 13.7. The van der Waals surface area contributed by atoms with Crippen molar-refractivity contribution in [2.75, 3.05) is 19.0 Å². The molecule has 2 saturated heterocycles. The molecule has 4 aliphatic rings. The lowest BCUT2D eigenvalue weighted by Gasteiger charge is -2.41.